The van der Waals surface area contributed by atoms with E-state index in [0.29, 0.717) is 23.1 Å². The quantitative estimate of drug-likeness (QED) is 0.521. The summed E-state index contributed by atoms with van der Waals surface area (Å²) in [5.74, 6) is -0.440. The topological polar surface area (TPSA) is 80.4 Å². The second kappa shape index (κ2) is 4.86. The van der Waals surface area contributed by atoms with E-state index in [2.05, 4.69) is 0 Å². The molecule has 0 spiro atoms. The van der Waals surface area contributed by atoms with Crippen LogP contribution in [0.1, 0.15) is 21.5 Å². The summed E-state index contributed by atoms with van der Waals surface area (Å²) in [4.78, 5) is 22.4. The lowest BCUT2D eigenvalue weighted by Crippen LogP contribution is -1.95. The summed E-state index contributed by atoms with van der Waals surface area (Å²) in [6, 6.07) is 11.4. The number of fused-ring (bicyclic) bond motifs is 1. The number of Topliss-reactive ketones (excluding diaryl/α,β-unsaturated/α-hetero) is 1. The number of aromatic hydroxyl groups is 1. The van der Waals surface area contributed by atoms with Crippen molar-refractivity contribution in [1.82, 2.24) is 0 Å². The molecule has 0 fully saturated rings. The fourth-order valence-corrected chi connectivity index (χ4v) is 2.45. The Morgan fingerprint density at radius 2 is 1.95 bits per heavy atom. The van der Waals surface area contributed by atoms with Gasteiger partial charge in [0.1, 0.15) is 0 Å². The lowest BCUT2D eigenvalue weighted by atomic mass is 10.1. The van der Waals surface area contributed by atoms with E-state index in [0.717, 1.165) is 5.56 Å². The van der Waals surface area contributed by atoms with Gasteiger partial charge in [-0.05, 0) is 23.3 Å². The highest BCUT2D eigenvalue weighted by Crippen LogP contribution is 2.30. The number of nitrogens with zero attached hydrogens (tertiary/aromatic N) is 1. The first-order chi connectivity index (χ1) is 10.1. The number of hydrogen-bond donors (Lipinski definition) is 1. The number of hydrogen-bond acceptors (Lipinski definition) is 4. The summed E-state index contributed by atoms with van der Waals surface area (Å²) >= 11 is 0. The Hall–Kier alpha value is -2.95. The summed E-state index contributed by atoms with van der Waals surface area (Å²) in [7, 11) is 0. The van der Waals surface area contributed by atoms with Crippen molar-refractivity contribution >= 4 is 17.5 Å². The molecule has 0 aromatic heterocycles. The van der Waals surface area contributed by atoms with E-state index >= 15 is 0 Å². The van der Waals surface area contributed by atoms with Gasteiger partial charge < -0.3 is 5.11 Å². The smallest absolute Gasteiger partial charge is 0.311 e. The molecule has 5 heteroatoms. The average molecular weight is 281 g/mol. The van der Waals surface area contributed by atoms with Crippen molar-refractivity contribution in [3.05, 3.63) is 74.8 Å². The predicted octanol–water partition coefficient (Wildman–Crippen LogP) is 3.12. The first-order valence-corrected chi connectivity index (χ1v) is 6.37. The van der Waals surface area contributed by atoms with Crippen molar-refractivity contribution in [2.24, 2.45) is 0 Å². The lowest BCUT2D eigenvalue weighted by molar-refractivity contribution is -0.385. The van der Waals surface area contributed by atoms with Crippen molar-refractivity contribution in [3.63, 3.8) is 0 Å². The Labute approximate surface area is 120 Å². The third-order valence-corrected chi connectivity index (χ3v) is 3.47. The largest absolute Gasteiger partial charge is 0.502 e. The van der Waals surface area contributed by atoms with Gasteiger partial charge >= 0.3 is 5.69 Å². The van der Waals surface area contributed by atoms with E-state index in [1.54, 1.807) is 18.2 Å². The number of ketones is 1. The maximum Gasteiger partial charge on any atom is 0.311 e. The van der Waals surface area contributed by atoms with Crippen LogP contribution in [0.2, 0.25) is 0 Å². The van der Waals surface area contributed by atoms with Gasteiger partial charge in [0.15, 0.2) is 11.5 Å². The summed E-state index contributed by atoms with van der Waals surface area (Å²) in [5, 5.41) is 20.2. The number of carbonyl (C=O) groups excluding carboxylic acids is 1. The van der Waals surface area contributed by atoms with Gasteiger partial charge in [0.25, 0.3) is 0 Å². The SMILES string of the molecule is O=C1C(=Cc2ccc(O)c([N+](=O)[O-])c2)Cc2ccccc21. The van der Waals surface area contributed by atoms with Crippen molar-refractivity contribution < 1.29 is 14.8 Å². The minimum Gasteiger partial charge on any atom is -0.502 e. The van der Waals surface area contributed by atoms with Crippen LogP contribution in [-0.4, -0.2) is 15.8 Å². The Bertz CT molecular complexity index is 793. The van der Waals surface area contributed by atoms with Crippen LogP contribution in [0.3, 0.4) is 0 Å². The molecule has 1 aliphatic rings. The molecule has 0 radical (unpaired) electrons. The van der Waals surface area contributed by atoms with E-state index < -0.39 is 4.92 Å². The molecule has 1 N–H and O–H groups in total. The molecule has 104 valence electrons. The Morgan fingerprint density at radius 3 is 2.67 bits per heavy atom. The van der Waals surface area contributed by atoms with Gasteiger partial charge in [-0.1, -0.05) is 30.3 Å². The molecule has 1 aliphatic carbocycles. The van der Waals surface area contributed by atoms with Crippen molar-refractivity contribution in [2.75, 3.05) is 0 Å². The highest BCUT2D eigenvalue weighted by molar-refractivity contribution is 6.15. The molecule has 0 saturated heterocycles. The molecule has 3 rings (SSSR count). The zero-order valence-corrected chi connectivity index (χ0v) is 10.9. The third kappa shape index (κ3) is 2.29. The highest BCUT2D eigenvalue weighted by atomic mass is 16.6. The molecule has 0 aliphatic heterocycles. The van der Waals surface area contributed by atoms with Crippen LogP contribution in [0.15, 0.2) is 48.0 Å². The van der Waals surface area contributed by atoms with Crippen LogP contribution >= 0.6 is 0 Å². The molecule has 0 amide bonds. The molecular weight excluding hydrogens is 270 g/mol. The monoisotopic (exact) mass is 281 g/mol. The molecule has 0 heterocycles. The van der Waals surface area contributed by atoms with Crippen LogP contribution in [0, 0.1) is 10.1 Å². The highest BCUT2D eigenvalue weighted by Gasteiger charge is 2.24. The molecule has 21 heavy (non-hydrogen) atoms. The summed E-state index contributed by atoms with van der Waals surface area (Å²) in [5.41, 5.74) is 2.39. The number of benzene rings is 2. The van der Waals surface area contributed by atoms with Crippen LogP contribution in [0.25, 0.3) is 6.08 Å². The van der Waals surface area contributed by atoms with Gasteiger partial charge in [0.05, 0.1) is 4.92 Å². The number of carbonyl (C=O) groups is 1. The molecule has 0 atom stereocenters. The first kappa shape index (κ1) is 13.1. The zero-order chi connectivity index (χ0) is 15.0. The lowest BCUT2D eigenvalue weighted by Gasteiger charge is -1.99. The number of phenolic OH excluding ortho intramolecular Hbond substituents is 1. The van der Waals surface area contributed by atoms with Gasteiger partial charge in [-0.2, -0.15) is 0 Å². The predicted molar refractivity (Wildman–Crippen MR) is 77.2 cm³/mol. The average Bonchev–Trinajstić information content (AvgIpc) is 2.78. The third-order valence-electron chi connectivity index (χ3n) is 3.47. The van der Waals surface area contributed by atoms with Crippen LogP contribution in [0.4, 0.5) is 5.69 Å². The standard InChI is InChI=1S/C16H11NO4/c18-15-6-5-10(8-14(15)17(20)21)7-12-9-11-3-1-2-4-13(11)16(12)19/h1-8,18H,9H2. The van der Waals surface area contributed by atoms with E-state index in [4.69, 9.17) is 0 Å². The van der Waals surface area contributed by atoms with Crippen LogP contribution < -0.4 is 0 Å². The van der Waals surface area contributed by atoms with Crippen LogP contribution in [-0.2, 0) is 6.42 Å². The second-order valence-corrected chi connectivity index (χ2v) is 4.84. The van der Waals surface area contributed by atoms with E-state index in [1.807, 2.05) is 18.2 Å². The van der Waals surface area contributed by atoms with E-state index in [9.17, 15) is 20.0 Å². The van der Waals surface area contributed by atoms with Gasteiger partial charge in [0, 0.05) is 23.6 Å². The fourth-order valence-electron chi connectivity index (χ4n) is 2.45. The van der Waals surface area contributed by atoms with Gasteiger partial charge in [-0.25, -0.2) is 0 Å². The maximum absolute atomic E-state index is 12.2. The number of nitro groups is 1. The van der Waals surface area contributed by atoms with Gasteiger partial charge in [0.2, 0.25) is 0 Å². The Balaban J connectivity index is 2.00. The van der Waals surface area contributed by atoms with E-state index in [1.165, 1.54) is 12.1 Å². The van der Waals surface area contributed by atoms with Crippen molar-refractivity contribution in [3.8, 4) is 5.75 Å². The molecule has 0 bridgehead atoms. The molecule has 5 nitrogen and oxygen atoms in total. The Morgan fingerprint density at radius 1 is 1.19 bits per heavy atom. The minimum atomic E-state index is -0.650. The first-order valence-electron chi connectivity index (χ1n) is 6.37. The van der Waals surface area contributed by atoms with Crippen molar-refractivity contribution in [1.29, 1.82) is 0 Å². The molecule has 2 aromatic carbocycles. The molecule has 2 aromatic rings. The maximum atomic E-state index is 12.2. The van der Waals surface area contributed by atoms with Gasteiger partial charge in [-0.15, -0.1) is 0 Å². The fraction of sp³-hybridized carbons (Fsp3) is 0.0625. The summed E-state index contributed by atoms with van der Waals surface area (Å²) in [6.07, 6.45) is 2.15. The molecule has 0 saturated carbocycles. The number of nitro benzene ring substituents is 1. The summed E-state index contributed by atoms with van der Waals surface area (Å²) in [6.45, 7) is 0. The number of phenols is 1. The summed E-state index contributed by atoms with van der Waals surface area (Å²) < 4.78 is 0. The van der Waals surface area contributed by atoms with Crippen molar-refractivity contribution in [2.45, 2.75) is 6.42 Å². The van der Waals surface area contributed by atoms with E-state index in [-0.39, 0.29) is 17.2 Å². The zero-order valence-electron chi connectivity index (χ0n) is 10.9. The molecule has 0 unspecified atom stereocenters. The van der Waals surface area contributed by atoms with Gasteiger partial charge in [-0.3, -0.25) is 14.9 Å². The van der Waals surface area contributed by atoms with Crippen LogP contribution in [0.5, 0.6) is 5.75 Å². The second-order valence-electron chi connectivity index (χ2n) is 4.84. The number of allylic oxidation sites excluding steroid dienone is 1. The minimum absolute atomic E-state index is 0.0543. The number of rotatable bonds is 2. The normalized spacial score (nSPS) is 15.2. The Kier molecular flexibility index (Phi) is 3.02. The molecular formula is C16H11NO4.